The van der Waals surface area contributed by atoms with E-state index in [1.165, 1.54) is 21.9 Å². The quantitative estimate of drug-likeness (QED) is 0.135. The van der Waals surface area contributed by atoms with Crippen molar-refractivity contribution in [2.24, 2.45) is 0 Å². The van der Waals surface area contributed by atoms with Crippen LogP contribution < -0.4 is 37.7 Å². The monoisotopic (exact) mass is 1010 g/mol. The summed E-state index contributed by atoms with van der Waals surface area (Å²) in [5.74, 6) is 0.0108. The fourth-order valence-electron chi connectivity index (χ4n) is 13.2. The van der Waals surface area contributed by atoms with E-state index in [9.17, 15) is 0 Å². The molecule has 1 spiro atoms. The zero-order valence-corrected chi connectivity index (χ0v) is 43.2. The molecule has 3 nitrogen and oxygen atoms in total. The van der Waals surface area contributed by atoms with Crippen LogP contribution in [0, 0.1) is 0 Å². The number of benzene rings is 12. The van der Waals surface area contributed by atoms with Crippen molar-refractivity contribution in [2.45, 2.75) is 5.41 Å². The first-order chi connectivity index (χ1) is 39.1. The van der Waals surface area contributed by atoms with Crippen molar-refractivity contribution in [3.63, 3.8) is 0 Å². The van der Waals surface area contributed by atoms with Gasteiger partial charge in [0.2, 0.25) is 13.4 Å². The van der Waals surface area contributed by atoms with E-state index in [0.29, 0.717) is 11.1 Å². The summed E-state index contributed by atoms with van der Waals surface area (Å²) >= 11 is 0. The lowest BCUT2D eigenvalue weighted by molar-refractivity contribution is 0.103. The number of nitrogens with zero attached hydrogens (tertiary/aromatic N) is 1. The number of hydrogen-bond donors (Lipinski definition) is 0. The molecule has 1 aliphatic carbocycles. The van der Waals surface area contributed by atoms with E-state index in [1.807, 2.05) is 6.07 Å². The molecule has 13 aromatic rings. The van der Waals surface area contributed by atoms with Gasteiger partial charge in [-0.2, -0.15) is 0 Å². The van der Waals surface area contributed by atoms with Crippen LogP contribution in [0.5, 0.6) is 0 Å². The summed E-state index contributed by atoms with van der Waals surface area (Å²) in [5, 5.41) is 2.12. The first-order valence-corrected chi connectivity index (χ1v) is 27.3. The normalized spacial score (nSPS) is 12.9. The van der Waals surface area contributed by atoms with E-state index in [2.05, 4.69) is 296 Å². The molecule has 0 radical (unpaired) electrons. The Kier molecular flexibility index (Phi) is 11.1. The van der Waals surface area contributed by atoms with Crippen molar-refractivity contribution in [1.29, 1.82) is 0 Å². The van der Waals surface area contributed by atoms with Gasteiger partial charge in [-0.25, -0.2) is 0 Å². The predicted molar refractivity (Wildman–Crippen MR) is 330 cm³/mol. The maximum Gasteiger partial charge on any atom is 0.241 e. The van der Waals surface area contributed by atoms with Gasteiger partial charge < -0.3 is 9.32 Å². The van der Waals surface area contributed by atoms with Gasteiger partial charge in [-0.1, -0.05) is 294 Å². The standard InChI is InChI=1S/C74H49B2NO2/c78-72-62-42-40-58(75(54-26-11-3-12-27-54)55-28-13-4-14-29-55)48-64(62)74(65-49-59(41-43-63(65)72)76(56-30-15-5-16-31-56)57-32-17-6-18-33-57)66-46-52(50-22-7-1-8-23-50)38-44-68(66)77(69-45-39-53(47-67(69)74)51-24-9-2-10-25-51)70-36-21-35-61-60-34-19-20-37-71(60)79-73(61)70/h1-49H. The number of hydrogen-bond acceptors (Lipinski definition) is 3. The van der Waals surface area contributed by atoms with Crippen molar-refractivity contribution in [1.82, 2.24) is 0 Å². The zero-order chi connectivity index (χ0) is 52.4. The minimum absolute atomic E-state index is 0.0108. The minimum Gasteiger partial charge on any atom is -0.454 e. The van der Waals surface area contributed by atoms with E-state index < -0.39 is 5.41 Å². The van der Waals surface area contributed by atoms with Gasteiger partial charge in [0.25, 0.3) is 0 Å². The third-order valence-electron chi connectivity index (χ3n) is 16.7. The number of rotatable bonds is 9. The van der Waals surface area contributed by atoms with Gasteiger partial charge in [0, 0.05) is 21.9 Å². The number of carbonyl (C=O) groups excluding carboxylic acids is 1. The van der Waals surface area contributed by atoms with Gasteiger partial charge in [0.1, 0.15) is 5.58 Å². The number of para-hydroxylation sites is 2. The highest BCUT2D eigenvalue weighted by Crippen LogP contribution is 2.62. The molecule has 0 bridgehead atoms. The fraction of sp³-hybridized carbons (Fsp3) is 0.0135. The van der Waals surface area contributed by atoms with Crippen LogP contribution in [-0.4, -0.2) is 19.2 Å². The second-order valence-corrected chi connectivity index (χ2v) is 21.0. The number of ketones is 1. The summed E-state index contributed by atoms with van der Waals surface area (Å²) < 4.78 is 6.98. The SMILES string of the molecule is O=C1c2ccc(B(c3ccccc3)c3ccccc3)cc2C2(c3cc(B(c4ccccc4)c4ccccc4)ccc31)c1cc(-c3ccccc3)ccc1N(c1cccc3c1oc1ccccc13)c1ccc(-c3ccccc3)cc12. The average molecular weight is 1010 g/mol. The highest BCUT2D eigenvalue weighted by Gasteiger charge is 2.53. The first-order valence-electron chi connectivity index (χ1n) is 27.3. The Hall–Kier alpha value is -9.96. The van der Waals surface area contributed by atoms with Crippen LogP contribution in [0.1, 0.15) is 38.2 Å². The topological polar surface area (TPSA) is 33.5 Å². The fourth-order valence-corrected chi connectivity index (χ4v) is 13.2. The minimum atomic E-state index is -1.08. The second-order valence-electron chi connectivity index (χ2n) is 21.0. The maximum absolute atomic E-state index is 16.1. The molecule has 5 heteroatoms. The Bertz CT molecular complexity index is 4140. The molecular weight excluding hydrogens is 956 g/mol. The molecule has 12 aromatic carbocycles. The van der Waals surface area contributed by atoms with Crippen molar-refractivity contribution in [2.75, 3.05) is 4.90 Å². The Labute approximate surface area is 460 Å². The van der Waals surface area contributed by atoms with Gasteiger partial charge >= 0.3 is 0 Å². The van der Waals surface area contributed by atoms with Crippen LogP contribution in [0.4, 0.5) is 17.1 Å². The van der Waals surface area contributed by atoms with Gasteiger partial charge in [0.05, 0.1) is 22.5 Å². The first kappa shape index (κ1) is 46.4. The summed E-state index contributed by atoms with van der Waals surface area (Å²) in [6.45, 7) is -0.270. The molecule has 1 aliphatic heterocycles. The van der Waals surface area contributed by atoms with Crippen LogP contribution in [0.15, 0.2) is 302 Å². The number of carbonyl (C=O) groups is 1. The van der Waals surface area contributed by atoms with E-state index in [-0.39, 0.29) is 19.2 Å². The Balaban J connectivity index is 1.12. The molecule has 2 aliphatic rings. The van der Waals surface area contributed by atoms with Crippen molar-refractivity contribution < 1.29 is 9.21 Å². The van der Waals surface area contributed by atoms with Crippen molar-refractivity contribution in [3.8, 4) is 22.3 Å². The predicted octanol–water partition coefficient (Wildman–Crippen LogP) is 13.7. The van der Waals surface area contributed by atoms with Gasteiger partial charge in [-0.05, 0) is 80.9 Å². The lowest BCUT2D eigenvalue weighted by atomic mass is 9.36. The van der Waals surface area contributed by atoms with E-state index in [0.717, 1.165) is 94.4 Å². The highest BCUT2D eigenvalue weighted by molar-refractivity contribution is 6.96. The second kappa shape index (κ2) is 18.9. The molecule has 1 aromatic heterocycles. The summed E-state index contributed by atoms with van der Waals surface area (Å²) in [7, 11) is 0. The lowest BCUT2D eigenvalue weighted by Crippen LogP contribution is -2.54. The number of fused-ring (bicyclic) bond motifs is 11. The van der Waals surface area contributed by atoms with E-state index in [1.54, 1.807) is 0 Å². The third-order valence-corrected chi connectivity index (χ3v) is 16.7. The summed E-state index contributed by atoms with van der Waals surface area (Å²) in [6, 6.07) is 107. The number of furan rings is 1. The molecular formula is C74H49B2NO2. The summed E-state index contributed by atoms with van der Waals surface area (Å²) in [6.07, 6.45) is 0. The van der Waals surface area contributed by atoms with Gasteiger partial charge in [-0.15, -0.1) is 0 Å². The molecule has 0 amide bonds. The smallest absolute Gasteiger partial charge is 0.241 e. The molecule has 0 saturated carbocycles. The highest BCUT2D eigenvalue weighted by atomic mass is 16.3. The molecule has 0 saturated heterocycles. The molecule has 0 fully saturated rings. The van der Waals surface area contributed by atoms with Crippen LogP contribution in [0.25, 0.3) is 44.2 Å². The summed E-state index contributed by atoms with van der Waals surface area (Å²) in [5.41, 5.74) is 20.2. The molecule has 368 valence electrons. The Morgan fingerprint density at radius 1 is 0.304 bits per heavy atom. The molecule has 15 rings (SSSR count). The van der Waals surface area contributed by atoms with Crippen LogP contribution in [0.3, 0.4) is 0 Å². The Morgan fingerprint density at radius 2 is 0.709 bits per heavy atom. The van der Waals surface area contributed by atoms with E-state index >= 15 is 4.79 Å². The molecule has 79 heavy (non-hydrogen) atoms. The number of anilines is 3. The van der Waals surface area contributed by atoms with E-state index in [4.69, 9.17) is 4.42 Å². The van der Waals surface area contributed by atoms with Gasteiger partial charge in [0.15, 0.2) is 11.4 Å². The molecule has 2 heterocycles. The Morgan fingerprint density at radius 3 is 1.16 bits per heavy atom. The maximum atomic E-state index is 16.1. The lowest BCUT2D eigenvalue weighted by Gasteiger charge is -2.49. The summed E-state index contributed by atoms with van der Waals surface area (Å²) in [4.78, 5) is 18.5. The molecule has 0 atom stereocenters. The zero-order valence-electron chi connectivity index (χ0n) is 43.2. The van der Waals surface area contributed by atoms with Crippen LogP contribution in [-0.2, 0) is 5.41 Å². The third kappa shape index (κ3) is 7.49. The molecule has 0 N–H and O–H groups in total. The van der Waals surface area contributed by atoms with Crippen molar-refractivity contribution in [3.05, 3.63) is 331 Å². The molecule has 0 unspecified atom stereocenters. The van der Waals surface area contributed by atoms with Crippen LogP contribution in [0.2, 0.25) is 0 Å². The van der Waals surface area contributed by atoms with Crippen molar-refractivity contribution >= 4 is 91.0 Å². The largest absolute Gasteiger partial charge is 0.454 e. The average Bonchev–Trinajstić information content (AvgIpc) is 3.74. The van der Waals surface area contributed by atoms with Gasteiger partial charge in [-0.3, -0.25) is 4.79 Å². The van der Waals surface area contributed by atoms with Crippen LogP contribution >= 0.6 is 0 Å².